The molecule has 2 N–H and O–H groups in total. The van der Waals surface area contributed by atoms with E-state index in [0.717, 1.165) is 15.8 Å². The summed E-state index contributed by atoms with van der Waals surface area (Å²) in [5.41, 5.74) is 7.55. The summed E-state index contributed by atoms with van der Waals surface area (Å²) in [5.74, 6) is 0.790. The van der Waals surface area contributed by atoms with E-state index in [-0.39, 0.29) is 6.10 Å². The maximum absolute atomic E-state index is 5.82. The topological polar surface area (TPSA) is 35.2 Å². The van der Waals surface area contributed by atoms with Crippen LogP contribution < -0.4 is 10.5 Å². The third-order valence-corrected chi connectivity index (χ3v) is 2.08. The summed E-state index contributed by atoms with van der Waals surface area (Å²) < 4.78 is 6.57. The molecule has 0 radical (unpaired) electrons. The molecule has 0 bridgehead atoms. The van der Waals surface area contributed by atoms with E-state index in [1.807, 2.05) is 32.9 Å². The van der Waals surface area contributed by atoms with Gasteiger partial charge in [0, 0.05) is 4.47 Å². The molecular formula is C10H14BrNO. The van der Waals surface area contributed by atoms with Gasteiger partial charge in [0.2, 0.25) is 0 Å². The Morgan fingerprint density at radius 1 is 1.38 bits per heavy atom. The van der Waals surface area contributed by atoms with E-state index in [1.165, 1.54) is 0 Å². The molecule has 0 heterocycles. The van der Waals surface area contributed by atoms with Crippen LogP contribution in [0.5, 0.6) is 5.75 Å². The van der Waals surface area contributed by atoms with Gasteiger partial charge in [-0.1, -0.05) is 15.9 Å². The predicted octanol–water partition coefficient (Wildman–Crippen LogP) is 3.13. The largest absolute Gasteiger partial charge is 0.489 e. The number of hydrogen-bond donors (Lipinski definition) is 1. The quantitative estimate of drug-likeness (QED) is 0.811. The van der Waals surface area contributed by atoms with E-state index in [9.17, 15) is 0 Å². The molecule has 0 aliphatic heterocycles. The van der Waals surface area contributed by atoms with Crippen molar-refractivity contribution in [2.75, 3.05) is 5.73 Å². The molecule has 0 amide bonds. The van der Waals surface area contributed by atoms with Gasteiger partial charge in [0.1, 0.15) is 5.75 Å². The third-order valence-electron chi connectivity index (χ3n) is 1.62. The Hall–Kier alpha value is -0.700. The first-order valence-corrected chi connectivity index (χ1v) is 5.02. The van der Waals surface area contributed by atoms with Crippen molar-refractivity contribution in [1.82, 2.24) is 0 Å². The maximum atomic E-state index is 5.82. The highest BCUT2D eigenvalue weighted by molar-refractivity contribution is 9.10. The fraction of sp³-hybridized carbons (Fsp3) is 0.400. The SMILES string of the molecule is Cc1cc(Br)cc(N)c1OC(C)C. The molecule has 2 nitrogen and oxygen atoms in total. The van der Waals surface area contributed by atoms with E-state index in [4.69, 9.17) is 10.5 Å². The molecule has 1 aromatic rings. The fourth-order valence-electron chi connectivity index (χ4n) is 1.15. The summed E-state index contributed by atoms with van der Waals surface area (Å²) in [6.45, 7) is 5.96. The number of ether oxygens (including phenoxy) is 1. The van der Waals surface area contributed by atoms with Crippen molar-refractivity contribution in [1.29, 1.82) is 0 Å². The lowest BCUT2D eigenvalue weighted by molar-refractivity contribution is 0.242. The van der Waals surface area contributed by atoms with Crippen molar-refractivity contribution in [3.05, 3.63) is 22.2 Å². The van der Waals surface area contributed by atoms with Crippen molar-refractivity contribution >= 4 is 21.6 Å². The van der Waals surface area contributed by atoms with Crippen LogP contribution in [0.15, 0.2) is 16.6 Å². The zero-order valence-electron chi connectivity index (χ0n) is 8.10. The second kappa shape index (κ2) is 4.01. The summed E-state index contributed by atoms with van der Waals surface area (Å²) in [6, 6.07) is 3.85. The van der Waals surface area contributed by atoms with Gasteiger partial charge in [-0.25, -0.2) is 0 Å². The average molecular weight is 244 g/mol. The summed E-state index contributed by atoms with van der Waals surface area (Å²) >= 11 is 3.38. The highest BCUT2D eigenvalue weighted by atomic mass is 79.9. The Morgan fingerprint density at radius 3 is 2.46 bits per heavy atom. The molecule has 3 heteroatoms. The van der Waals surface area contributed by atoms with Gasteiger partial charge in [0.15, 0.2) is 0 Å². The Bertz CT molecular complexity index is 287. The Labute approximate surface area is 87.2 Å². The maximum Gasteiger partial charge on any atom is 0.145 e. The van der Waals surface area contributed by atoms with E-state index < -0.39 is 0 Å². The minimum Gasteiger partial charge on any atom is -0.489 e. The highest BCUT2D eigenvalue weighted by Gasteiger charge is 2.07. The number of halogens is 1. The molecule has 13 heavy (non-hydrogen) atoms. The molecule has 0 aliphatic rings. The van der Waals surface area contributed by atoms with Gasteiger partial charge >= 0.3 is 0 Å². The Morgan fingerprint density at radius 2 is 2.00 bits per heavy atom. The van der Waals surface area contributed by atoms with E-state index in [1.54, 1.807) is 0 Å². The van der Waals surface area contributed by atoms with E-state index in [0.29, 0.717) is 5.69 Å². The molecule has 1 aromatic carbocycles. The standard InChI is InChI=1S/C10H14BrNO/c1-6(2)13-10-7(3)4-8(11)5-9(10)12/h4-6H,12H2,1-3H3. The minimum absolute atomic E-state index is 0.155. The smallest absolute Gasteiger partial charge is 0.145 e. The van der Waals surface area contributed by atoms with Crippen molar-refractivity contribution in [3.63, 3.8) is 0 Å². The van der Waals surface area contributed by atoms with Gasteiger partial charge in [-0.3, -0.25) is 0 Å². The first-order chi connectivity index (χ1) is 6.00. The number of aryl methyl sites for hydroxylation is 1. The number of hydrogen-bond acceptors (Lipinski definition) is 2. The van der Waals surface area contributed by atoms with Gasteiger partial charge in [-0.2, -0.15) is 0 Å². The number of nitrogen functional groups attached to an aromatic ring is 1. The van der Waals surface area contributed by atoms with Crippen LogP contribution in [0, 0.1) is 6.92 Å². The lowest BCUT2D eigenvalue weighted by Crippen LogP contribution is -2.08. The van der Waals surface area contributed by atoms with Crippen LogP contribution >= 0.6 is 15.9 Å². The van der Waals surface area contributed by atoms with Crippen LogP contribution in [0.1, 0.15) is 19.4 Å². The first kappa shape index (κ1) is 10.4. The van der Waals surface area contributed by atoms with Gasteiger partial charge in [-0.15, -0.1) is 0 Å². The second-order valence-electron chi connectivity index (χ2n) is 3.31. The molecule has 0 aliphatic carbocycles. The molecule has 0 aromatic heterocycles. The van der Waals surface area contributed by atoms with Crippen LogP contribution in [-0.2, 0) is 0 Å². The summed E-state index contributed by atoms with van der Waals surface area (Å²) in [4.78, 5) is 0. The monoisotopic (exact) mass is 243 g/mol. The van der Waals surface area contributed by atoms with Crippen molar-refractivity contribution < 1.29 is 4.74 Å². The van der Waals surface area contributed by atoms with Crippen molar-refractivity contribution in [3.8, 4) is 5.75 Å². The lowest BCUT2D eigenvalue weighted by Gasteiger charge is -2.14. The van der Waals surface area contributed by atoms with Gasteiger partial charge < -0.3 is 10.5 Å². The fourth-order valence-corrected chi connectivity index (χ4v) is 1.74. The Balaban J connectivity index is 3.06. The zero-order chi connectivity index (χ0) is 10.0. The van der Waals surface area contributed by atoms with Crippen LogP contribution in [-0.4, -0.2) is 6.10 Å². The molecule has 0 fully saturated rings. The summed E-state index contributed by atoms with van der Waals surface area (Å²) in [5, 5.41) is 0. The molecule has 0 saturated heterocycles. The normalized spacial score (nSPS) is 10.5. The number of anilines is 1. The number of nitrogens with two attached hydrogens (primary N) is 1. The highest BCUT2D eigenvalue weighted by Crippen LogP contribution is 2.30. The number of benzene rings is 1. The van der Waals surface area contributed by atoms with Crippen LogP contribution in [0.2, 0.25) is 0 Å². The average Bonchev–Trinajstić information content (AvgIpc) is 1.96. The summed E-state index contributed by atoms with van der Waals surface area (Å²) in [7, 11) is 0. The molecule has 0 spiro atoms. The van der Waals surface area contributed by atoms with E-state index in [2.05, 4.69) is 15.9 Å². The van der Waals surface area contributed by atoms with Gasteiger partial charge in [-0.05, 0) is 38.5 Å². The molecule has 72 valence electrons. The number of rotatable bonds is 2. The predicted molar refractivity (Wildman–Crippen MR) is 59.1 cm³/mol. The van der Waals surface area contributed by atoms with Crippen molar-refractivity contribution in [2.24, 2.45) is 0 Å². The molecule has 1 rings (SSSR count). The first-order valence-electron chi connectivity index (χ1n) is 4.23. The molecule has 0 atom stereocenters. The van der Waals surface area contributed by atoms with Crippen molar-refractivity contribution in [2.45, 2.75) is 26.9 Å². The zero-order valence-corrected chi connectivity index (χ0v) is 9.68. The molecular weight excluding hydrogens is 230 g/mol. The van der Waals surface area contributed by atoms with E-state index >= 15 is 0 Å². The van der Waals surface area contributed by atoms with Gasteiger partial charge in [0.05, 0.1) is 11.8 Å². The summed E-state index contributed by atoms with van der Waals surface area (Å²) in [6.07, 6.45) is 0.155. The third kappa shape index (κ3) is 2.62. The van der Waals surface area contributed by atoms with Crippen LogP contribution in [0.4, 0.5) is 5.69 Å². The Kier molecular flexibility index (Phi) is 3.20. The minimum atomic E-state index is 0.155. The van der Waals surface area contributed by atoms with Crippen LogP contribution in [0.3, 0.4) is 0 Å². The molecule has 0 unspecified atom stereocenters. The second-order valence-corrected chi connectivity index (χ2v) is 4.22. The molecule has 0 saturated carbocycles. The lowest BCUT2D eigenvalue weighted by atomic mass is 10.2. The van der Waals surface area contributed by atoms with Gasteiger partial charge in [0.25, 0.3) is 0 Å². The van der Waals surface area contributed by atoms with Crippen LogP contribution in [0.25, 0.3) is 0 Å².